The molecule has 0 atom stereocenters. The Morgan fingerprint density at radius 3 is 2.36 bits per heavy atom. The molecule has 0 aliphatic rings. The lowest BCUT2D eigenvalue weighted by Crippen LogP contribution is -2.31. The topological polar surface area (TPSA) is 97.6 Å². The van der Waals surface area contributed by atoms with Crippen molar-refractivity contribution < 1.29 is 19.4 Å². The number of carboxylic acids is 1. The standard InChI is InChI=1S/C18H20N2O5/c1-11-12(2)16(17(23)20(13(11)3)9-15(21)22)19-18(24)25-10-14-7-5-4-6-8-14/h4-8H,9-10H2,1-3H3,(H,19,24)(H,21,22). The number of carbonyl (C=O) groups is 2. The first-order chi connectivity index (χ1) is 11.8. The number of carboxylic acid groups (broad SMARTS) is 1. The lowest BCUT2D eigenvalue weighted by atomic mass is 10.1. The van der Waals surface area contributed by atoms with E-state index in [0.29, 0.717) is 11.3 Å². The molecule has 0 saturated heterocycles. The Labute approximate surface area is 144 Å². The van der Waals surface area contributed by atoms with Crippen LogP contribution in [0.4, 0.5) is 10.5 Å². The summed E-state index contributed by atoms with van der Waals surface area (Å²) in [6.45, 7) is 4.73. The van der Waals surface area contributed by atoms with Gasteiger partial charge in [0.2, 0.25) is 0 Å². The van der Waals surface area contributed by atoms with Crippen LogP contribution in [0.25, 0.3) is 0 Å². The number of aromatic nitrogens is 1. The minimum atomic E-state index is -1.13. The van der Waals surface area contributed by atoms with E-state index < -0.39 is 24.2 Å². The Balaban J connectivity index is 2.23. The van der Waals surface area contributed by atoms with Crippen molar-refractivity contribution in [3.8, 4) is 0 Å². The van der Waals surface area contributed by atoms with Crippen LogP contribution in [0.5, 0.6) is 0 Å². The Morgan fingerprint density at radius 1 is 1.12 bits per heavy atom. The first-order valence-electron chi connectivity index (χ1n) is 7.71. The molecule has 0 radical (unpaired) electrons. The van der Waals surface area contributed by atoms with Crippen LogP contribution in [0, 0.1) is 20.8 Å². The van der Waals surface area contributed by atoms with E-state index in [9.17, 15) is 14.4 Å². The number of anilines is 1. The van der Waals surface area contributed by atoms with Crippen molar-refractivity contribution in [2.45, 2.75) is 33.9 Å². The van der Waals surface area contributed by atoms with Crippen LogP contribution in [0.3, 0.4) is 0 Å². The molecular weight excluding hydrogens is 324 g/mol. The van der Waals surface area contributed by atoms with Gasteiger partial charge in [-0.3, -0.25) is 19.5 Å². The molecule has 7 nitrogen and oxygen atoms in total. The van der Waals surface area contributed by atoms with Gasteiger partial charge in [-0.25, -0.2) is 4.79 Å². The van der Waals surface area contributed by atoms with Gasteiger partial charge < -0.3 is 9.84 Å². The molecule has 0 saturated carbocycles. The third kappa shape index (κ3) is 4.26. The molecule has 2 rings (SSSR count). The molecule has 2 aromatic rings. The van der Waals surface area contributed by atoms with Gasteiger partial charge in [0.15, 0.2) is 0 Å². The van der Waals surface area contributed by atoms with E-state index >= 15 is 0 Å². The molecular formula is C18H20N2O5. The molecule has 1 aromatic heterocycles. The van der Waals surface area contributed by atoms with E-state index in [1.54, 1.807) is 20.8 Å². The van der Waals surface area contributed by atoms with E-state index in [4.69, 9.17) is 9.84 Å². The summed E-state index contributed by atoms with van der Waals surface area (Å²) >= 11 is 0. The average molecular weight is 344 g/mol. The predicted molar refractivity (Wildman–Crippen MR) is 92.8 cm³/mol. The third-order valence-corrected chi connectivity index (χ3v) is 4.08. The molecule has 0 spiro atoms. The van der Waals surface area contributed by atoms with E-state index in [0.717, 1.165) is 15.7 Å². The molecule has 2 N–H and O–H groups in total. The largest absolute Gasteiger partial charge is 0.480 e. The Bertz CT molecular complexity index is 856. The monoisotopic (exact) mass is 344 g/mol. The maximum atomic E-state index is 12.5. The normalized spacial score (nSPS) is 10.4. The fourth-order valence-corrected chi connectivity index (χ4v) is 2.44. The Morgan fingerprint density at radius 2 is 1.76 bits per heavy atom. The van der Waals surface area contributed by atoms with Crippen LogP contribution >= 0.6 is 0 Å². The number of benzene rings is 1. The van der Waals surface area contributed by atoms with Gasteiger partial charge in [0.25, 0.3) is 5.56 Å². The third-order valence-electron chi connectivity index (χ3n) is 4.08. The molecule has 0 aliphatic heterocycles. The number of pyridine rings is 1. The summed E-state index contributed by atoms with van der Waals surface area (Å²) in [6.07, 6.45) is -0.769. The maximum Gasteiger partial charge on any atom is 0.412 e. The summed E-state index contributed by atoms with van der Waals surface area (Å²) in [6, 6.07) is 9.14. The fraction of sp³-hybridized carbons (Fsp3) is 0.278. The van der Waals surface area contributed by atoms with Crippen LogP contribution in [0.2, 0.25) is 0 Å². The van der Waals surface area contributed by atoms with Crippen molar-refractivity contribution in [1.82, 2.24) is 4.57 Å². The molecule has 1 amide bonds. The number of amides is 1. The number of hydrogen-bond donors (Lipinski definition) is 2. The van der Waals surface area contributed by atoms with Gasteiger partial charge in [0.05, 0.1) is 0 Å². The van der Waals surface area contributed by atoms with Crippen LogP contribution in [0.15, 0.2) is 35.1 Å². The zero-order valence-corrected chi connectivity index (χ0v) is 14.3. The molecule has 0 fully saturated rings. The van der Waals surface area contributed by atoms with Crippen molar-refractivity contribution in [2.24, 2.45) is 0 Å². The highest BCUT2D eigenvalue weighted by Gasteiger charge is 2.18. The first kappa shape index (κ1) is 18.3. The Hall–Kier alpha value is -3.09. The predicted octanol–water partition coefficient (Wildman–Crippen LogP) is 2.61. The summed E-state index contributed by atoms with van der Waals surface area (Å²) < 4.78 is 6.24. The summed E-state index contributed by atoms with van der Waals surface area (Å²) in [4.78, 5) is 35.6. The van der Waals surface area contributed by atoms with Crippen molar-refractivity contribution >= 4 is 17.7 Å². The zero-order valence-electron chi connectivity index (χ0n) is 14.3. The maximum absolute atomic E-state index is 12.5. The number of rotatable bonds is 5. The molecule has 7 heteroatoms. The van der Waals surface area contributed by atoms with Gasteiger partial charge in [-0.15, -0.1) is 0 Å². The lowest BCUT2D eigenvalue weighted by Gasteiger charge is -2.17. The quantitative estimate of drug-likeness (QED) is 0.869. The van der Waals surface area contributed by atoms with Crippen molar-refractivity contribution in [3.63, 3.8) is 0 Å². The van der Waals surface area contributed by atoms with E-state index in [1.165, 1.54) is 0 Å². The molecule has 1 heterocycles. The minimum Gasteiger partial charge on any atom is -0.480 e. The summed E-state index contributed by atoms with van der Waals surface area (Å²) in [5.74, 6) is -1.13. The smallest absolute Gasteiger partial charge is 0.412 e. The highest BCUT2D eigenvalue weighted by molar-refractivity contribution is 5.85. The molecule has 0 aliphatic carbocycles. The van der Waals surface area contributed by atoms with Crippen LogP contribution in [-0.2, 0) is 22.7 Å². The summed E-state index contributed by atoms with van der Waals surface area (Å²) in [5.41, 5.74) is 2.15. The van der Waals surface area contributed by atoms with Crippen molar-refractivity contribution in [1.29, 1.82) is 0 Å². The molecule has 132 valence electrons. The highest BCUT2D eigenvalue weighted by atomic mass is 16.5. The number of nitrogens with one attached hydrogen (secondary N) is 1. The SMILES string of the molecule is Cc1c(C)c(C)n(CC(=O)O)c(=O)c1NC(=O)OCc1ccccc1. The van der Waals surface area contributed by atoms with Gasteiger partial charge in [0, 0.05) is 5.69 Å². The number of nitrogens with zero attached hydrogens (tertiary/aromatic N) is 1. The summed E-state index contributed by atoms with van der Waals surface area (Å²) in [5, 5.41) is 11.4. The first-order valence-corrected chi connectivity index (χ1v) is 7.71. The van der Waals surface area contributed by atoms with Crippen molar-refractivity contribution in [2.75, 3.05) is 5.32 Å². The number of aliphatic carboxylic acids is 1. The number of ether oxygens (including phenoxy) is 1. The molecule has 1 aromatic carbocycles. The average Bonchev–Trinajstić information content (AvgIpc) is 2.59. The van der Waals surface area contributed by atoms with Gasteiger partial charge in [0.1, 0.15) is 18.8 Å². The van der Waals surface area contributed by atoms with E-state index in [1.807, 2.05) is 30.3 Å². The second-order valence-electron chi connectivity index (χ2n) is 5.68. The molecule has 0 unspecified atom stereocenters. The van der Waals surface area contributed by atoms with Gasteiger partial charge in [-0.05, 0) is 37.5 Å². The summed E-state index contributed by atoms with van der Waals surface area (Å²) in [7, 11) is 0. The van der Waals surface area contributed by atoms with E-state index in [-0.39, 0.29) is 12.3 Å². The van der Waals surface area contributed by atoms with Gasteiger partial charge in [-0.1, -0.05) is 30.3 Å². The van der Waals surface area contributed by atoms with E-state index in [2.05, 4.69) is 5.32 Å². The minimum absolute atomic E-state index is 0.0300. The molecule has 25 heavy (non-hydrogen) atoms. The Kier molecular flexibility index (Phi) is 5.59. The zero-order chi connectivity index (χ0) is 18.6. The van der Waals surface area contributed by atoms with Crippen LogP contribution in [-0.4, -0.2) is 21.7 Å². The second kappa shape index (κ2) is 7.65. The van der Waals surface area contributed by atoms with Gasteiger partial charge >= 0.3 is 12.1 Å². The number of carbonyl (C=O) groups excluding carboxylic acids is 1. The fourth-order valence-electron chi connectivity index (χ4n) is 2.44. The molecule has 0 bridgehead atoms. The van der Waals surface area contributed by atoms with Crippen LogP contribution < -0.4 is 10.9 Å². The van der Waals surface area contributed by atoms with Crippen LogP contribution in [0.1, 0.15) is 22.4 Å². The lowest BCUT2D eigenvalue weighted by molar-refractivity contribution is -0.137. The number of hydrogen-bond acceptors (Lipinski definition) is 4. The van der Waals surface area contributed by atoms with Crippen molar-refractivity contribution in [3.05, 3.63) is 63.1 Å². The second-order valence-corrected chi connectivity index (χ2v) is 5.68. The highest BCUT2D eigenvalue weighted by Crippen LogP contribution is 2.18. The van der Waals surface area contributed by atoms with Gasteiger partial charge in [-0.2, -0.15) is 0 Å².